The van der Waals surface area contributed by atoms with Crippen LogP contribution in [0, 0.1) is 12.7 Å². The van der Waals surface area contributed by atoms with Crippen molar-refractivity contribution in [3.63, 3.8) is 0 Å². The maximum Gasteiger partial charge on any atom is 0.337 e. The van der Waals surface area contributed by atoms with Crippen LogP contribution in [0.15, 0.2) is 36.7 Å². The molecule has 0 amide bonds. The number of carboxylic acids is 1. The van der Waals surface area contributed by atoms with Gasteiger partial charge >= 0.3 is 5.97 Å². The van der Waals surface area contributed by atoms with Crippen molar-refractivity contribution in [2.24, 2.45) is 0 Å². The number of aromatic nitrogens is 1. The van der Waals surface area contributed by atoms with E-state index in [1.807, 2.05) is 0 Å². The van der Waals surface area contributed by atoms with E-state index in [1.54, 1.807) is 19.1 Å². The smallest absolute Gasteiger partial charge is 0.337 e. The summed E-state index contributed by atoms with van der Waals surface area (Å²) in [5.74, 6) is -1.36. The highest BCUT2D eigenvalue weighted by atomic mass is 19.1. The fraction of sp³-hybridized carbons (Fsp3) is 0.0769. The van der Waals surface area contributed by atoms with Gasteiger partial charge < -0.3 is 5.11 Å². The molecule has 0 radical (unpaired) electrons. The van der Waals surface area contributed by atoms with Crippen LogP contribution < -0.4 is 0 Å². The number of benzene rings is 1. The third-order valence-corrected chi connectivity index (χ3v) is 2.56. The summed E-state index contributed by atoms with van der Waals surface area (Å²) in [6.45, 7) is 1.65. The number of nitrogens with zero attached hydrogens (tertiary/aromatic N) is 1. The molecule has 0 fully saturated rings. The average molecular weight is 231 g/mol. The molecule has 0 saturated heterocycles. The van der Waals surface area contributed by atoms with Crippen molar-refractivity contribution in [2.75, 3.05) is 0 Å². The fourth-order valence-electron chi connectivity index (χ4n) is 1.62. The topological polar surface area (TPSA) is 50.2 Å². The zero-order valence-electron chi connectivity index (χ0n) is 9.14. The van der Waals surface area contributed by atoms with E-state index in [9.17, 15) is 9.18 Å². The number of carbonyl (C=O) groups is 1. The Morgan fingerprint density at radius 2 is 2.12 bits per heavy atom. The van der Waals surface area contributed by atoms with Crippen LogP contribution in [-0.4, -0.2) is 16.1 Å². The fourth-order valence-corrected chi connectivity index (χ4v) is 1.62. The van der Waals surface area contributed by atoms with E-state index in [0.717, 1.165) is 0 Å². The molecular formula is C13H10FNO2. The van der Waals surface area contributed by atoms with Crippen LogP contribution in [0.25, 0.3) is 11.1 Å². The first-order valence-corrected chi connectivity index (χ1v) is 5.03. The lowest BCUT2D eigenvalue weighted by Crippen LogP contribution is -1.98. The van der Waals surface area contributed by atoms with Crippen molar-refractivity contribution >= 4 is 5.97 Å². The van der Waals surface area contributed by atoms with Crippen LogP contribution in [0.4, 0.5) is 4.39 Å². The first-order valence-electron chi connectivity index (χ1n) is 5.03. The monoisotopic (exact) mass is 231 g/mol. The maximum absolute atomic E-state index is 13.4. The zero-order chi connectivity index (χ0) is 12.4. The molecule has 2 rings (SSSR count). The molecule has 0 bridgehead atoms. The highest BCUT2D eigenvalue weighted by Gasteiger charge is 2.09. The number of halogens is 1. The molecule has 2 aromatic rings. The molecule has 0 aliphatic rings. The SMILES string of the molecule is Cc1c(F)cccc1-c1cncc(C(=O)O)c1. The lowest BCUT2D eigenvalue weighted by atomic mass is 10.0. The summed E-state index contributed by atoms with van der Waals surface area (Å²) in [6.07, 6.45) is 2.79. The van der Waals surface area contributed by atoms with Gasteiger partial charge in [0.2, 0.25) is 0 Å². The van der Waals surface area contributed by atoms with E-state index >= 15 is 0 Å². The van der Waals surface area contributed by atoms with Gasteiger partial charge in [0.25, 0.3) is 0 Å². The minimum absolute atomic E-state index is 0.0890. The number of rotatable bonds is 2. The molecule has 0 unspecified atom stereocenters. The van der Waals surface area contributed by atoms with Crippen LogP contribution in [0.5, 0.6) is 0 Å². The Bertz CT molecular complexity index is 581. The third kappa shape index (κ3) is 2.15. The van der Waals surface area contributed by atoms with Gasteiger partial charge in [-0.15, -0.1) is 0 Å². The highest BCUT2D eigenvalue weighted by molar-refractivity contribution is 5.89. The summed E-state index contributed by atoms with van der Waals surface area (Å²) in [6, 6.07) is 6.18. The van der Waals surface area contributed by atoms with E-state index in [4.69, 9.17) is 5.11 Å². The lowest BCUT2D eigenvalue weighted by Gasteiger charge is -2.06. The standard InChI is InChI=1S/C13H10FNO2/c1-8-11(3-2-4-12(8)14)9-5-10(13(16)17)7-15-6-9/h2-7H,1H3,(H,16,17). The quantitative estimate of drug-likeness (QED) is 0.864. The molecule has 1 aromatic carbocycles. The van der Waals surface area contributed by atoms with Gasteiger partial charge in [-0.1, -0.05) is 12.1 Å². The van der Waals surface area contributed by atoms with E-state index in [2.05, 4.69) is 4.98 Å². The van der Waals surface area contributed by atoms with Crippen molar-refractivity contribution in [2.45, 2.75) is 6.92 Å². The van der Waals surface area contributed by atoms with Crippen molar-refractivity contribution in [3.8, 4) is 11.1 Å². The first-order chi connectivity index (χ1) is 8.09. The van der Waals surface area contributed by atoms with Crippen LogP contribution in [-0.2, 0) is 0 Å². The van der Waals surface area contributed by atoms with Gasteiger partial charge in [0, 0.05) is 18.0 Å². The largest absolute Gasteiger partial charge is 0.478 e. The van der Waals surface area contributed by atoms with Crippen LogP contribution in [0.2, 0.25) is 0 Å². The number of aromatic carboxylic acids is 1. The van der Waals surface area contributed by atoms with Crippen LogP contribution in [0.1, 0.15) is 15.9 Å². The predicted molar refractivity (Wildman–Crippen MR) is 61.3 cm³/mol. The third-order valence-electron chi connectivity index (χ3n) is 2.56. The van der Waals surface area contributed by atoms with E-state index < -0.39 is 5.97 Å². The number of carboxylic acid groups (broad SMARTS) is 1. The van der Waals surface area contributed by atoms with E-state index in [-0.39, 0.29) is 11.4 Å². The van der Waals surface area contributed by atoms with Crippen molar-refractivity contribution in [1.29, 1.82) is 0 Å². The summed E-state index contributed by atoms with van der Waals surface area (Å²) >= 11 is 0. The Morgan fingerprint density at radius 1 is 1.35 bits per heavy atom. The van der Waals surface area contributed by atoms with Gasteiger partial charge in [-0.3, -0.25) is 4.98 Å². The molecule has 0 spiro atoms. The molecule has 1 N–H and O–H groups in total. The van der Waals surface area contributed by atoms with Crippen molar-refractivity contribution < 1.29 is 14.3 Å². The summed E-state index contributed by atoms with van der Waals surface area (Å²) < 4.78 is 13.4. The Kier molecular flexibility index (Phi) is 2.87. The Balaban J connectivity index is 2.57. The molecule has 1 aromatic heterocycles. The summed E-state index contributed by atoms with van der Waals surface area (Å²) in [5, 5.41) is 8.87. The second-order valence-corrected chi connectivity index (χ2v) is 3.68. The molecule has 0 atom stereocenters. The predicted octanol–water partition coefficient (Wildman–Crippen LogP) is 2.89. The highest BCUT2D eigenvalue weighted by Crippen LogP contribution is 2.24. The van der Waals surface area contributed by atoms with Gasteiger partial charge in [-0.25, -0.2) is 9.18 Å². The average Bonchev–Trinajstić information content (AvgIpc) is 2.33. The maximum atomic E-state index is 13.4. The minimum atomic E-state index is -1.05. The minimum Gasteiger partial charge on any atom is -0.478 e. The molecule has 1 heterocycles. The van der Waals surface area contributed by atoms with Crippen LogP contribution in [0.3, 0.4) is 0 Å². The molecule has 0 aliphatic heterocycles. The summed E-state index contributed by atoms with van der Waals surface area (Å²) in [4.78, 5) is 14.7. The van der Waals surface area contributed by atoms with E-state index in [1.165, 1.54) is 24.5 Å². The molecule has 3 nitrogen and oxygen atoms in total. The number of hydrogen-bond acceptors (Lipinski definition) is 2. The van der Waals surface area contributed by atoms with E-state index in [0.29, 0.717) is 16.7 Å². The molecular weight excluding hydrogens is 221 g/mol. The number of hydrogen-bond donors (Lipinski definition) is 1. The first kappa shape index (κ1) is 11.3. The molecule has 4 heteroatoms. The zero-order valence-corrected chi connectivity index (χ0v) is 9.14. The summed E-state index contributed by atoms with van der Waals surface area (Å²) in [5.41, 5.74) is 1.82. The second kappa shape index (κ2) is 4.33. The Labute approximate surface area is 97.6 Å². The van der Waals surface area contributed by atoms with Gasteiger partial charge in [-0.05, 0) is 30.2 Å². The van der Waals surface area contributed by atoms with Crippen molar-refractivity contribution in [3.05, 3.63) is 53.6 Å². The van der Waals surface area contributed by atoms with Crippen LogP contribution >= 0.6 is 0 Å². The molecule has 0 aliphatic carbocycles. The van der Waals surface area contributed by atoms with Gasteiger partial charge in [0.05, 0.1) is 5.56 Å². The Hall–Kier alpha value is -2.23. The van der Waals surface area contributed by atoms with Gasteiger partial charge in [0.1, 0.15) is 5.82 Å². The lowest BCUT2D eigenvalue weighted by molar-refractivity contribution is 0.0696. The van der Waals surface area contributed by atoms with Gasteiger partial charge in [0.15, 0.2) is 0 Å². The summed E-state index contributed by atoms with van der Waals surface area (Å²) in [7, 11) is 0. The number of pyridine rings is 1. The van der Waals surface area contributed by atoms with Crippen molar-refractivity contribution in [1.82, 2.24) is 4.98 Å². The molecule has 0 saturated carbocycles. The second-order valence-electron chi connectivity index (χ2n) is 3.68. The Morgan fingerprint density at radius 3 is 2.82 bits per heavy atom. The molecule has 86 valence electrons. The normalized spacial score (nSPS) is 10.2. The van der Waals surface area contributed by atoms with Gasteiger partial charge in [-0.2, -0.15) is 0 Å². The molecule has 17 heavy (non-hydrogen) atoms.